The minimum absolute atomic E-state index is 0.107. The average molecular weight is 695 g/mol. The molecule has 0 heterocycles. The molecule has 0 saturated heterocycles. The van der Waals surface area contributed by atoms with Crippen LogP contribution in [-0.4, -0.2) is 0 Å². The van der Waals surface area contributed by atoms with Gasteiger partial charge >= 0.3 is 0 Å². The van der Waals surface area contributed by atoms with Gasteiger partial charge in [0.15, 0.2) is 0 Å². The molecular formula is C47H38N2O4. The van der Waals surface area contributed by atoms with Gasteiger partial charge in [-0.25, -0.2) is 4.85 Å². The van der Waals surface area contributed by atoms with Crippen molar-refractivity contribution in [1.29, 1.82) is 5.26 Å². The Hall–Kier alpha value is -6.50. The molecular weight excluding hydrogens is 657 g/mol. The Kier molecular flexibility index (Phi) is 8.20. The van der Waals surface area contributed by atoms with Crippen LogP contribution in [0.4, 0.5) is 5.69 Å². The first kappa shape index (κ1) is 33.6. The van der Waals surface area contributed by atoms with Gasteiger partial charge in [0.1, 0.15) is 57.6 Å². The van der Waals surface area contributed by atoms with Gasteiger partial charge < -0.3 is 18.9 Å². The van der Waals surface area contributed by atoms with Gasteiger partial charge in [0.2, 0.25) is 0 Å². The molecule has 1 atom stereocenters. The fourth-order valence-electron chi connectivity index (χ4n) is 8.49. The lowest BCUT2D eigenvalue weighted by molar-refractivity contribution is 0.349. The van der Waals surface area contributed by atoms with Gasteiger partial charge in [-0.05, 0) is 119 Å². The van der Waals surface area contributed by atoms with E-state index in [9.17, 15) is 5.26 Å². The summed E-state index contributed by atoms with van der Waals surface area (Å²) in [5.74, 6) is 4.37. The number of nitrogens with zero attached hydrogens (tertiary/aromatic N) is 2. The van der Waals surface area contributed by atoms with E-state index in [0.29, 0.717) is 57.2 Å². The van der Waals surface area contributed by atoms with Gasteiger partial charge in [-0.3, -0.25) is 0 Å². The molecule has 6 nitrogen and oxygen atoms in total. The van der Waals surface area contributed by atoms with Gasteiger partial charge in [-0.15, -0.1) is 0 Å². The first-order valence-electron chi connectivity index (χ1n) is 17.8. The quantitative estimate of drug-likeness (QED) is 0.148. The van der Waals surface area contributed by atoms with Crippen LogP contribution < -0.4 is 18.9 Å². The van der Waals surface area contributed by atoms with Gasteiger partial charge in [-0.2, -0.15) is 5.26 Å². The van der Waals surface area contributed by atoms with Crippen LogP contribution in [-0.2, 0) is 16.2 Å². The van der Waals surface area contributed by atoms with Crippen molar-refractivity contribution in [2.45, 2.75) is 56.8 Å². The van der Waals surface area contributed by atoms with Crippen molar-refractivity contribution in [3.8, 4) is 52.1 Å². The number of fused-ring (bicyclic) bond motifs is 4. The molecule has 0 fully saturated rings. The van der Waals surface area contributed by atoms with E-state index in [4.69, 9.17) is 25.5 Å². The maximum atomic E-state index is 10.2. The third-order valence-corrected chi connectivity index (χ3v) is 10.5. The average Bonchev–Trinajstić information content (AvgIpc) is 3.51. The molecule has 2 aliphatic carbocycles. The summed E-state index contributed by atoms with van der Waals surface area (Å²) < 4.78 is 25.2. The van der Waals surface area contributed by atoms with Crippen molar-refractivity contribution in [3.05, 3.63) is 173 Å². The van der Waals surface area contributed by atoms with Crippen LogP contribution in [0, 0.1) is 17.9 Å². The molecule has 0 radical (unpaired) electrons. The molecule has 0 amide bonds. The summed E-state index contributed by atoms with van der Waals surface area (Å²) in [5.41, 5.74) is 5.13. The lowest BCUT2D eigenvalue weighted by Gasteiger charge is -2.30. The zero-order valence-corrected chi connectivity index (χ0v) is 30.1. The Morgan fingerprint density at radius 1 is 0.509 bits per heavy atom. The first-order valence-corrected chi connectivity index (χ1v) is 17.8. The summed E-state index contributed by atoms with van der Waals surface area (Å²) in [6, 6.07) is 44.7. The summed E-state index contributed by atoms with van der Waals surface area (Å²) in [4.78, 5) is 3.82. The molecule has 1 spiro atoms. The minimum atomic E-state index is -0.312. The smallest absolute Gasteiger partial charge is 0.270 e. The number of benzene rings is 6. The molecule has 0 aliphatic heterocycles. The Balaban J connectivity index is 1.16. The van der Waals surface area contributed by atoms with E-state index < -0.39 is 0 Å². The number of rotatable bonds is 8. The zero-order chi connectivity index (χ0) is 36.8. The highest BCUT2D eigenvalue weighted by atomic mass is 16.5. The van der Waals surface area contributed by atoms with Crippen LogP contribution in [0.3, 0.4) is 0 Å². The van der Waals surface area contributed by atoms with Gasteiger partial charge in [0, 0.05) is 5.41 Å². The molecule has 2 aliphatic rings. The van der Waals surface area contributed by atoms with E-state index >= 15 is 0 Å². The van der Waals surface area contributed by atoms with Crippen molar-refractivity contribution < 1.29 is 18.9 Å². The third kappa shape index (κ3) is 6.03. The molecule has 8 rings (SSSR count). The highest BCUT2D eigenvalue weighted by Crippen LogP contribution is 2.63. The van der Waals surface area contributed by atoms with E-state index in [1.54, 1.807) is 18.2 Å². The number of para-hydroxylation sites is 3. The molecule has 0 aromatic heterocycles. The minimum Gasteiger partial charge on any atom is -0.468 e. The molecule has 0 saturated carbocycles. The molecule has 6 heteroatoms. The molecule has 0 N–H and O–H groups in total. The molecule has 53 heavy (non-hydrogen) atoms. The largest absolute Gasteiger partial charge is 0.468 e. The van der Waals surface area contributed by atoms with Crippen LogP contribution in [0.25, 0.3) is 4.85 Å². The van der Waals surface area contributed by atoms with Gasteiger partial charge in [-0.1, -0.05) is 88.4 Å². The summed E-state index contributed by atoms with van der Waals surface area (Å²) >= 11 is 0. The van der Waals surface area contributed by atoms with Crippen LogP contribution in [0.5, 0.6) is 46.0 Å². The van der Waals surface area contributed by atoms with Crippen LogP contribution in [0.2, 0.25) is 0 Å². The molecule has 6 aromatic carbocycles. The number of nitriles is 1. The zero-order valence-electron chi connectivity index (χ0n) is 30.1. The Bertz CT molecular complexity index is 2270. The fraction of sp³-hybridized carbons (Fsp3) is 0.191. The molecule has 260 valence electrons. The Morgan fingerprint density at radius 3 is 1.38 bits per heavy atom. The van der Waals surface area contributed by atoms with Crippen LogP contribution >= 0.6 is 0 Å². The van der Waals surface area contributed by atoms with Gasteiger partial charge in [0.05, 0.1) is 6.57 Å². The van der Waals surface area contributed by atoms with E-state index in [1.807, 2.05) is 91.0 Å². The van der Waals surface area contributed by atoms with E-state index in [2.05, 4.69) is 62.9 Å². The van der Waals surface area contributed by atoms with E-state index in [1.165, 1.54) is 22.3 Å². The summed E-state index contributed by atoms with van der Waals surface area (Å²) in [6.45, 7) is 17.2. The topological polar surface area (TPSA) is 65.1 Å². The van der Waals surface area contributed by atoms with Crippen molar-refractivity contribution >= 4 is 5.69 Å². The fourth-order valence-corrected chi connectivity index (χ4v) is 8.49. The third-order valence-electron chi connectivity index (χ3n) is 10.5. The number of hydrogen-bond acceptors (Lipinski definition) is 5. The number of hydrogen-bond donors (Lipinski definition) is 0. The SMILES string of the molecule is [C-]#[N+]c1c(Oc2ccccc2)cccc1Oc1ccc2c(c1)C1(CC(C)(C)c3ccc(Oc4cccc(Oc5ccccc5)c4C#N)cc31)CC2(C)C. The first-order chi connectivity index (χ1) is 25.6. The Morgan fingerprint density at radius 2 is 0.925 bits per heavy atom. The molecule has 6 aromatic rings. The second-order valence-corrected chi connectivity index (χ2v) is 15.1. The van der Waals surface area contributed by atoms with Gasteiger partial charge in [0.25, 0.3) is 5.69 Å². The predicted octanol–water partition coefficient (Wildman–Crippen LogP) is 12.9. The second-order valence-electron chi connectivity index (χ2n) is 15.1. The maximum Gasteiger partial charge on any atom is 0.270 e. The molecule has 1 unspecified atom stereocenters. The lowest BCUT2D eigenvalue weighted by atomic mass is 9.72. The normalized spacial score (nSPS) is 17.2. The van der Waals surface area contributed by atoms with Crippen molar-refractivity contribution in [3.63, 3.8) is 0 Å². The summed E-state index contributed by atoms with van der Waals surface area (Å²) in [6.07, 6.45) is 1.83. The highest BCUT2D eigenvalue weighted by Gasteiger charge is 2.56. The van der Waals surface area contributed by atoms with E-state index in [0.717, 1.165) is 12.8 Å². The van der Waals surface area contributed by atoms with Crippen molar-refractivity contribution in [2.75, 3.05) is 0 Å². The van der Waals surface area contributed by atoms with E-state index in [-0.39, 0.29) is 16.2 Å². The standard InChI is InChI=1S/C47H38N2O4/c1-45(2)29-47(38-26-33(22-24-36(38)45)52-41-19-12-18-40(35(41)28-48)50-31-14-8-6-9-15-31)30-46(3,4)37-25-23-34(27-39(37)47)53-43-21-13-20-42(44(43)49-5)51-32-16-10-7-11-17-32/h6-27H,29-30H2,1-4H3. The van der Waals surface area contributed by atoms with Crippen LogP contribution in [0.15, 0.2) is 133 Å². The summed E-state index contributed by atoms with van der Waals surface area (Å²) in [5, 5.41) is 10.2. The predicted molar refractivity (Wildman–Crippen MR) is 206 cm³/mol. The highest BCUT2D eigenvalue weighted by molar-refractivity contribution is 5.69. The summed E-state index contributed by atoms with van der Waals surface area (Å²) in [7, 11) is 0. The molecule has 0 bridgehead atoms. The monoisotopic (exact) mass is 694 g/mol. The maximum absolute atomic E-state index is 10.2. The van der Waals surface area contributed by atoms with Crippen LogP contribution in [0.1, 0.15) is 68.4 Å². The van der Waals surface area contributed by atoms with Crippen molar-refractivity contribution in [1.82, 2.24) is 0 Å². The second kappa shape index (κ2) is 12.9. The Labute approximate surface area is 310 Å². The lowest BCUT2D eigenvalue weighted by Crippen LogP contribution is -2.27. The van der Waals surface area contributed by atoms with Crippen molar-refractivity contribution in [2.24, 2.45) is 0 Å². The number of ether oxygens (including phenoxy) is 4.